The maximum Gasteiger partial charge on any atom is 0.166 e. The van der Waals surface area contributed by atoms with E-state index in [1.54, 1.807) is 0 Å². The van der Waals surface area contributed by atoms with E-state index in [1.807, 2.05) is 41.3 Å². The lowest BCUT2D eigenvalue weighted by Crippen LogP contribution is -1.97. The van der Waals surface area contributed by atoms with E-state index in [-0.39, 0.29) is 0 Å². The van der Waals surface area contributed by atoms with E-state index < -0.39 is 0 Å². The molecule has 0 bridgehead atoms. The van der Waals surface area contributed by atoms with Crippen LogP contribution in [0.4, 0.5) is 0 Å². The summed E-state index contributed by atoms with van der Waals surface area (Å²) < 4.78 is 0. The molecule has 1 heterocycles. The third-order valence-electron chi connectivity index (χ3n) is 2.05. The Hall–Kier alpha value is -1.57. The first-order chi connectivity index (χ1) is 6.40. The minimum atomic E-state index is 0.784. The van der Waals surface area contributed by atoms with Crippen LogP contribution in [0.3, 0.4) is 0 Å². The molecule has 0 aliphatic carbocycles. The topological polar surface area (TPSA) is 20.1 Å². The summed E-state index contributed by atoms with van der Waals surface area (Å²) in [5.41, 5.74) is 1.86. The molecule has 1 aliphatic heterocycles. The largest absolute Gasteiger partial charge is 0.365 e. The molecule has 2 heteroatoms. The molecular formula is C11H11NO. The zero-order valence-electron chi connectivity index (χ0n) is 7.31. The standard InChI is InChI=1S/C11H11NO/c13-9-11(12-6-7-12)8-10-4-2-1-3-5-10/h1-5,8-9H,6-7H2. The first-order valence-corrected chi connectivity index (χ1v) is 4.37. The lowest BCUT2D eigenvalue weighted by Gasteiger charge is -1.99. The third-order valence-corrected chi connectivity index (χ3v) is 2.05. The molecule has 0 aromatic heterocycles. The maximum absolute atomic E-state index is 10.7. The van der Waals surface area contributed by atoms with Crippen molar-refractivity contribution in [2.75, 3.05) is 13.1 Å². The molecule has 0 amide bonds. The van der Waals surface area contributed by atoms with E-state index in [1.165, 1.54) is 0 Å². The first-order valence-electron chi connectivity index (χ1n) is 4.37. The van der Waals surface area contributed by atoms with Crippen LogP contribution in [0.2, 0.25) is 0 Å². The van der Waals surface area contributed by atoms with E-state index in [4.69, 9.17) is 0 Å². The highest BCUT2D eigenvalue weighted by Gasteiger charge is 2.19. The summed E-state index contributed by atoms with van der Waals surface area (Å²) in [6.45, 7) is 2.02. The average Bonchev–Trinajstić information content (AvgIpc) is 2.99. The van der Waals surface area contributed by atoms with Gasteiger partial charge in [0.15, 0.2) is 6.29 Å². The Balaban J connectivity index is 2.21. The smallest absolute Gasteiger partial charge is 0.166 e. The van der Waals surface area contributed by atoms with Gasteiger partial charge in [0, 0.05) is 13.1 Å². The molecule has 0 atom stereocenters. The van der Waals surface area contributed by atoms with Crippen molar-refractivity contribution in [2.24, 2.45) is 0 Å². The number of benzene rings is 1. The maximum atomic E-state index is 10.7. The number of allylic oxidation sites excluding steroid dienone is 1. The van der Waals surface area contributed by atoms with Crippen molar-refractivity contribution in [3.05, 3.63) is 41.6 Å². The van der Waals surface area contributed by atoms with Gasteiger partial charge in [0.1, 0.15) is 0 Å². The molecule has 1 saturated heterocycles. The third kappa shape index (κ3) is 1.96. The second kappa shape index (κ2) is 3.44. The predicted octanol–water partition coefficient (Wildman–Crippen LogP) is 1.54. The number of carbonyl (C=O) groups excluding carboxylic acids is 1. The normalized spacial score (nSPS) is 15.7. The van der Waals surface area contributed by atoms with Gasteiger partial charge in [-0.15, -0.1) is 0 Å². The van der Waals surface area contributed by atoms with E-state index in [0.29, 0.717) is 0 Å². The van der Waals surface area contributed by atoms with Crippen molar-refractivity contribution < 1.29 is 4.79 Å². The number of rotatable bonds is 3. The van der Waals surface area contributed by atoms with Crippen LogP contribution < -0.4 is 0 Å². The molecule has 0 unspecified atom stereocenters. The number of hydrogen-bond acceptors (Lipinski definition) is 2. The first kappa shape index (κ1) is 8.05. The molecule has 1 aliphatic rings. The minimum Gasteiger partial charge on any atom is -0.365 e. The summed E-state index contributed by atoms with van der Waals surface area (Å²) in [4.78, 5) is 12.7. The van der Waals surface area contributed by atoms with Gasteiger partial charge in [0.05, 0.1) is 5.70 Å². The van der Waals surface area contributed by atoms with Gasteiger partial charge >= 0.3 is 0 Å². The minimum absolute atomic E-state index is 0.784. The van der Waals surface area contributed by atoms with Crippen LogP contribution in [0, 0.1) is 0 Å². The second-order valence-electron chi connectivity index (χ2n) is 3.08. The Morgan fingerprint density at radius 3 is 2.46 bits per heavy atom. The Labute approximate surface area is 77.5 Å². The Kier molecular flexibility index (Phi) is 2.13. The fourth-order valence-corrected chi connectivity index (χ4v) is 1.23. The van der Waals surface area contributed by atoms with Crippen LogP contribution in [-0.2, 0) is 4.79 Å². The lowest BCUT2D eigenvalue weighted by molar-refractivity contribution is -0.105. The summed E-state index contributed by atoms with van der Waals surface area (Å²) in [7, 11) is 0. The monoisotopic (exact) mass is 173 g/mol. The van der Waals surface area contributed by atoms with Crippen LogP contribution in [0.1, 0.15) is 5.56 Å². The van der Waals surface area contributed by atoms with E-state index in [9.17, 15) is 4.79 Å². The summed E-state index contributed by atoms with van der Waals surface area (Å²) >= 11 is 0. The van der Waals surface area contributed by atoms with Crippen molar-refractivity contribution in [2.45, 2.75) is 0 Å². The number of aldehydes is 1. The van der Waals surface area contributed by atoms with Crippen LogP contribution >= 0.6 is 0 Å². The van der Waals surface area contributed by atoms with Crippen molar-refractivity contribution in [1.82, 2.24) is 4.90 Å². The van der Waals surface area contributed by atoms with Gasteiger partial charge in [-0.2, -0.15) is 0 Å². The zero-order chi connectivity index (χ0) is 9.10. The quantitative estimate of drug-likeness (QED) is 0.392. The van der Waals surface area contributed by atoms with E-state index in [0.717, 1.165) is 30.6 Å². The van der Waals surface area contributed by atoms with Gasteiger partial charge < -0.3 is 4.90 Å². The molecule has 13 heavy (non-hydrogen) atoms. The summed E-state index contributed by atoms with van der Waals surface area (Å²) in [6, 6.07) is 9.89. The van der Waals surface area contributed by atoms with Gasteiger partial charge in [-0.3, -0.25) is 4.79 Å². The molecule has 1 aromatic rings. The van der Waals surface area contributed by atoms with Crippen molar-refractivity contribution in [1.29, 1.82) is 0 Å². The number of carbonyl (C=O) groups is 1. The van der Waals surface area contributed by atoms with Crippen LogP contribution in [0.5, 0.6) is 0 Å². The van der Waals surface area contributed by atoms with Gasteiger partial charge in [-0.1, -0.05) is 30.3 Å². The molecule has 1 fully saturated rings. The second-order valence-corrected chi connectivity index (χ2v) is 3.08. The summed E-state index contributed by atoms with van der Waals surface area (Å²) in [5, 5.41) is 0. The van der Waals surface area contributed by atoms with Crippen molar-refractivity contribution in [3.8, 4) is 0 Å². The lowest BCUT2D eigenvalue weighted by atomic mass is 10.2. The molecule has 0 spiro atoms. The Bertz CT molecular complexity index is 325. The fraction of sp³-hybridized carbons (Fsp3) is 0.182. The number of nitrogens with zero attached hydrogens (tertiary/aromatic N) is 1. The molecule has 66 valence electrons. The highest BCUT2D eigenvalue weighted by Crippen LogP contribution is 2.15. The molecule has 2 rings (SSSR count). The fourth-order valence-electron chi connectivity index (χ4n) is 1.23. The molecule has 0 radical (unpaired) electrons. The predicted molar refractivity (Wildman–Crippen MR) is 52.1 cm³/mol. The van der Waals surface area contributed by atoms with Crippen LogP contribution in [0.15, 0.2) is 36.0 Å². The molecule has 1 aromatic carbocycles. The highest BCUT2D eigenvalue weighted by atomic mass is 16.1. The van der Waals surface area contributed by atoms with Gasteiger partial charge in [0.25, 0.3) is 0 Å². The van der Waals surface area contributed by atoms with Gasteiger partial charge in [-0.25, -0.2) is 0 Å². The van der Waals surface area contributed by atoms with Gasteiger partial charge in [-0.05, 0) is 11.6 Å². The highest BCUT2D eigenvalue weighted by molar-refractivity contribution is 5.81. The van der Waals surface area contributed by atoms with Crippen LogP contribution in [0.25, 0.3) is 6.08 Å². The molecular weight excluding hydrogens is 162 g/mol. The molecule has 0 saturated carbocycles. The van der Waals surface area contributed by atoms with E-state index >= 15 is 0 Å². The molecule has 0 N–H and O–H groups in total. The van der Waals surface area contributed by atoms with Crippen molar-refractivity contribution in [3.63, 3.8) is 0 Å². The molecule has 2 nitrogen and oxygen atoms in total. The van der Waals surface area contributed by atoms with E-state index in [2.05, 4.69) is 0 Å². The average molecular weight is 173 g/mol. The summed E-state index contributed by atoms with van der Waals surface area (Å²) in [6.07, 6.45) is 2.83. The zero-order valence-corrected chi connectivity index (χ0v) is 7.31. The Morgan fingerprint density at radius 2 is 1.92 bits per heavy atom. The van der Waals surface area contributed by atoms with Gasteiger partial charge in [0.2, 0.25) is 0 Å². The van der Waals surface area contributed by atoms with Crippen molar-refractivity contribution >= 4 is 12.4 Å². The summed E-state index contributed by atoms with van der Waals surface area (Å²) in [5.74, 6) is 0. The number of hydrogen-bond donors (Lipinski definition) is 0. The Morgan fingerprint density at radius 1 is 1.23 bits per heavy atom. The van der Waals surface area contributed by atoms with Crippen LogP contribution in [-0.4, -0.2) is 24.3 Å². The SMILES string of the molecule is O=CC(=Cc1ccccc1)N1CC1.